The highest BCUT2D eigenvalue weighted by Crippen LogP contribution is 2.34. The Bertz CT molecular complexity index is 776. The topological polar surface area (TPSA) is 71.1 Å². The van der Waals surface area contributed by atoms with Gasteiger partial charge in [0.25, 0.3) is 0 Å². The zero-order valence-corrected chi connectivity index (χ0v) is 18.1. The average molecular weight is 416 g/mol. The van der Waals surface area contributed by atoms with Crippen LogP contribution in [0.4, 0.5) is 4.79 Å². The van der Waals surface area contributed by atoms with E-state index in [1.54, 1.807) is 4.90 Å². The van der Waals surface area contributed by atoms with Crippen molar-refractivity contribution in [3.05, 3.63) is 23.8 Å². The highest BCUT2D eigenvalue weighted by molar-refractivity contribution is 5.81. The third-order valence-corrected chi connectivity index (χ3v) is 6.31. The van der Waals surface area contributed by atoms with Gasteiger partial charge in [-0.2, -0.15) is 0 Å². The van der Waals surface area contributed by atoms with Crippen LogP contribution < -0.4 is 14.8 Å². The first-order valence-corrected chi connectivity index (χ1v) is 11.3. The van der Waals surface area contributed by atoms with Gasteiger partial charge in [-0.1, -0.05) is 18.9 Å². The van der Waals surface area contributed by atoms with Crippen LogP contribution in [-0.4, -0.2) is 53.7 Å². The van der Waals surface area contributed by atoms with Crippen molar-refractivity contribution >= 4 is 11.9 Å². The van der Waals surface area contributed by atoms with Crippen molar-refractivity contribution in [2.75, 3.05) is 19.9 Å². The molecule has 1 aromatic rings. The minimum atomic E-state index is -0.133. The smallest absolute Gasteiger partial charge is 0.317 e. The van der Waals surface area contributed by atoms with Crippen LogP contribution in [0.15, 0.2) is 18.2 Å². The monoisotopic (exact) mass is 415 g/mol. The number of urea groups is 1. The van der Waals surface area contributed by atoms with Crippen LogP contribution in [-0.2, 0) is 11.3 Å². The van der Waals surface area contributed by atoms with Gasteiger partial charge in [-0.05, 0) is 57.2 Å². The molecule has 1 atom stereocenters. The van der Waals surface area contributed by atoms with Crippen molar-refractivity contribution < 1.29 is 19.1 Å². The molecular weight excluding hydrogens is 382 g/mol. The number of nitrogens with zero attached hydrogens (tertiary/aromatic N) is 2. The molecule has 30 heavy (non-hydrogen) atoms. The maximum absolute atomic E-state index is 13.6. The summed E-state index contributed by atoms with van der Waals surface area (Å²) in [7, 11) is 0. The second-order valence-electron chi connectivity index (χ2n) is 8.98. The van der Waals surface area contributed by atoms with Crippen molar-refractivity contribution in [3.63, 3.8) is 0 Å². The molecule has 1 saturated heterocycles. The summed E-state index contributed by atoms with van der Waals surface area (Å²) in [6.07, 6.45) is 6.16. The quantitative estimate of drug-likeness (QED) is 0.799. The highest BCUT2D eigenvalue weighted by Gasteiger charge is 2.35. The first kappa shape index (κ1) is 20.8. The van der Waals surface area contributed by atoms with Crippen LogP contribution in [0.3, 0.4) is 0 Å². The number of hydrogen-bond acceptors (Lipinski definition) is 4. The highest BCUT2D eigenvalue weighted by atomic mass is 16.7. The predicted octanol–water partition coefficient (Wildman–Crippen LogP) is 3.52. The Morgan fingerprint density at radius 1 is 1.13 bits per heavy atom. The number of fused-ring (bicyclic) bond motifs is 1. The van der Waals surface area contributed by atoms with Gasteiger partial charge in [0.1, 0.15) is 0 Å². The molecule has 0 spiro atoms. The summed E-state index contributed by atoms with van der Waals surface area (Å²) in [4.78, 5) is 30.0. The molecule has 1 saturated carbocycles. The standard InChI is InChI=1S/C23H33N3O4/c1-16(2)24-23(28)25-11-5-6-18(14-25)22(27)26(19-7-3-4-8-19)13-17-9-10-20-21(12-17)30-15-29-20/h9-10,12,16,18-19H,3-8,11,13-15H2,1-2H3,(H,24,28). The molecule has 1 N–H and O–H groups in total. The molecule has 0 bridgehead atoms. The lowest BCUT2D eigenvalue weighted by atomic mass is 9.95. The number of ether oxygens (including phenoxy) is 2. The zero-order valence-electron chi connectivity index (χ0n) is 18.1. The number of benzene rings is 1. The van der Waals surface area contributed by atoms with E-state index in [0.717, 1.165) is 42.7 Å². The summed E-state index contributed by atoms with van der Waals surface area (Å²) in [6.45, 7) is 5.96. The number of rotatable bonds is 5. The maximum Gasteiger partial charge on any atom is 0.317 e. The molecule has 7 heteroatoms. The molecule has 1 aromatic carbocycles. The SMILES string of the molecule is CC(C)NC(=O)N1CCCC(C(=O)N(Cc2ccc3c(c2)OCO3)C2CCCC2)C1. The van der Waals surface area contributed by atoms with Gasteiger partial charge in [0.05, 0.1) is 5.92 Å². The number of piperidine rings is 1. The van der Waals surface area contributed by atoms with E-state index in [0.29, 0.717) is 19.6 Å². The Kier molecular flexibility index (Phi) is 6.35. The molecule has 4 rings (SSSR count). The average Bonchev–Trinajstić information content (AvgIpc) is 3.42. The van der Waals surface area contributed by atoms with Crippen LogP contribution in [0.25, 0.3) is 0 Å². The van der Waals surface area contributed by atoms with Crippen molar-refractivity contribution in [2.45, 2.75) is 71.0 Å². The van der Waals surface area contributed by atoms with Gasteiger partial charge in [-0.25, -0.2) is 4.79 Å². The lowest BCUT2D eigenvalue weighted by Gasteiger charge is -2.37. The number of likely N-dealkylation sites (tertiary alicyclic amines) is 1. The van der Waals surface area contributed by atoms with Crippen molar-refractivity contribution in [1.29, 1.82) is 0 Å². The second kappa shape index (κ2) is 9.14. The van der Waals surface area contributed by atoms with E-state index < -0.39 is 0 Å². The minimum Gasteiger partial charge on any atom is -0.454 e. The van der Waals surface area contributed by atoms with Crippen LogP contribution >= 0.6 is 0 Å². The third kappa shape index (κ3) is 4.65. The summed E-state index contributed by atoms with van der Waals surface area (Å²) in [6, 6.07) is 6.24. The fraction of sp³-hybridized carbons (Fsp3) is 0.652. The van der Waals surface area contributed by atoms with Crippen LogP contribution in [0, 0.1) is 5.92 Å². The summed E-state index contributed by atoms with van der Waals surface area (Å²) < 4.78 is 10.9. The minimum absolute atomic E-state index is 0.0642. The van der Waals surface area contributed by atoms with Gasteiger partial charge < -0.3 is 24.6 Å². The molecule has 3 aliphatic rings. The molecule has 2 aliphatic heterocycles. The fourth-order valence-electron chi connectivity index (χ4n) is 4.77. The van der Waals surface area contributed by atoms with Crippen LogP contribution in [0.2, 0.25) is 0 Å². The lowest BCUT2D eigenvalue weighted by molar-refractivity contribution is -0.140. The molecule has 7 nitrogen and oxygen atoms in total. The van der Waals surface area contributed by atoms with E-state index in [9.17, 15) is 9.59 Å². The fourth-order valence-corrected chi connectivity index (χ4v) is 4.77. The van der Waals surface area contributed by atoms with Crippen molar-refractivity contribution in [1.82, 2.24) is 15.1 Å². The van der Waals surface area contributed by atoms with E-state index in [1.165, 1.54) is 12.8 Å². The molecule has 0 aromatic heterocycles. The second-order valence-corrected chi connectivity index (χ2v) is 8.98. The number of carbonyl (C=O) groups excluding carboxylic acids is 2. The van der Waals surface area contributed by atoms with Gasteiger partial charge in [0.2, 0.25) is 12.7 Å². The van der Waals surface area contributed by atoms with Gasteiger partial charge in [-0.15, -0.1) is 0 Å². The van der Waals surface area contributed by atoms with Gasteiger partial charge in [0.15, 0.2) is 11.5 Å². The predicted molar refractivity (Wildman–Crippen MR) is 113 cm³/mol. The van der Waals surface area contributed by atoms with E-state index >= 15 is 0 Å². The molecule has 3 amide bonds. The van der Waals surface area contributed by atoms with Crippen LogP contribution in [0.5, 0.6) is 11.5 Å². The summed E-state index contributed by atoms with van der Waals surface area (Å²) in [5.41, 5.74) is 1.06. The molecular formula is C23H33N3O4. The summed E-state index contributed by atoms with van der Waals surface area (Å²) in [5.74, 6) is 1.56. The normalized spacial score (nSPS) is 21.2. The Hall–Kier alpha value is -2.44. The van der Waals surface area contributed by atoms with E-state index in [2.05, 4.69) is 10.2 Å². The van der Waals surface area contributed by atoms with Crippen molar-refractivity contribution in [3.8, 4) is 11.5 Å². The van der Waals surface area contributed by atoms with E-state index in [-0.39, 0.29) is 36.7 Å². The Morgan fingerprint density at radius 3 is 2.67 bits per heavy atom. The summed E-state index contributed by atoms with van der Waals surface area (Å²) >= 11 is 0. The third-order valence-electron chi connectivity index (χ3n) is 6.31. The van der Waals surface area contributed by atoms with Crippen molar-refractivity contribution in [2.24, 2.45) is 5.92 Å². The number of carbonyl (C=O) groups is 2. The molecule has 164 valence electrons. The Labute approximate surface area is 178 Å². The van der Waals surface area contributed by atoms with Gasteiger partial charge in [0, 0.05) is 31.7 Å². The van der Waals surface area contributed by atoms with Crippen LogP contribution in [0.1, 0.15) is 57.9 Å². The Morgan fingerprint density at radius 2 is 1.90 bits per heavy atom. The molecule has 1 aliphatic carbocycles. The zero-order chi connectivity index (χ0) is 21.1. The first-order chi connectivity index (χ1) is 14.5. The molecule has 0 radical (unpaired) electrons. The van der Waals surface area contributed by atoms with E-state index in [1.807, 2.05) is 32.0 Å². The van der Waals surface area contributed by atoms with Gasteiger partial charge >= 0.3 is 6.03 Å². The lowest BCUT2D eigenvalue weighted by Crippen LogP contribution is -2.51. The van der Waals surface area contributed by atoms with E-state index in [4.69, 9.17) is 9.47 Å². The first-order valence-electron chi connectivity index (χ1n) is 11.3. The number of hydrogen-bond donors (Lipinski definition) is 1. The Balaban J connectivity index is 1.47. The molecule has 2 fully saturated rings. The van der Waals surface area contributed by atoms with Gasteiger partial charge in [-0.3, -0.25) is 4.79 Å². The molecule has 1 unspecified atom stereocenters. The maximum atomic E-state index is 13.6. The number of amides is 3. The largest absolute Gasteiger partial charge is 0.454 e. The molecule has 2 heterocycles. The number of nitrogens with one attached hydrogen (secondary N) is 1. The summed E-state index contributed by atoms with van der Waals surface area (Å²) in [5, 5.41) is 2.96.